The first-order valence-electron chi connectivity index (χ1n) is 9.03. The summed E-state index contributed by atoms with van der Waals surface area (Å²) in [5, 5.41) is 8.70. The third-order valence-electron chi connectivity index (χ3n) is 4.84. The zero-order valence-corrected chi connectivity index (χ0v) is 15.9. The quantitative estimate of drug-likeness (QED) is 0.625. The highest BCUT2D eigenvalue weighted by Gasteiger charge is 2.34. The minimum atomic E-state index is -0.173. The summed E-state index contributed by atoms with van der Waals surface area (Å²) in [6.07, 6.45) is 1.76. The van der Waals surface area contributed by atoms with Gasteiger partial charge in [-0.1, -0.05) is 47.9 Å². The number of amides is 1. The predicted octanol–water partition coefficient (Wildman–Crippen LogP) is 5.08. The molecule has 6 nitrogen and oxygen atoms in total. The summed E-state index contributed by atoms with van der Waals surface area (Å²) >= 11 is 6.20. The fourth-order valence-corrected chi connectivity index (χ4v) is 3.59. The Kier molecular flexibility index (Phi) is 4.74. The van der Waals surface area contributed by atoms with E-state index in [0.717, 1.165) is 24.3 Å². The lowest BCUT2D eigenvalue weighted by Crippen LogP contribution is -2.30. The van der Waals surface area contributed by atoms with Gasteiger partial charge >= 0.3 is 0 Å². The van der Waals surface area contributed by atoms with Gasteiger partial charge in [0.2, 0.25) is 0 Å². The van der Waals surface area contributed by atoms with Crippen LogP contribution < -0.4 is 0 Å². The number of aromatic nitrogens is 2. The molecule has 0 saturated carbocycles. The van der Waals surface area contributed by atoms with Crippen LogP contribution in [0, 0.1) is 0 Å². The first kappa shape index (κ1) is 17.8. The third kappa shape index (κ3) is 3.37. The van der Waals surface area contributed by atoms with Gasteiger partial charge in [0, 0.05) is 30.2 Å². The number of hydrogen-bond acceptors (Lipinski definition) is 5. The lowest BCUT2D eigenvalue weighted by atomic mass is 10.1. The highest BCUT2D eigenvalue weighted by Crippen LogP contribution is 2.34. The van der Waals surface area contributed by atoms with Gasteiger partial charge in [-0.3, -0.25) is 4.79 Å². The maximum Gasteiger partial charge on any atom is 0.276 e. The van der Waals surface area contributed by atoms with Crippen LogP contribution in [-0.2, 0) is 0 Å². The lowest BCUT2D eigenvalue weighted by Gasteiger charge is -2.21. The van der Waals surface area contributed by atoms with E-state index in [9.17, 15) is 4.79 Å². The Bertz CT molecular complexity index is 963. The van der Waals surface area contributed by atoms with Crippen LogP contribution in [0.3, 0.4) is 0 Å². The smallest absolute Gasteiger partial charge is 0.276 e. The molecule has 1 amide bonds. The van der Waals surface area contributed by atoms with Gasteiger partial charge in [-0.15, -0.1) is 0 Å². The topological polar surface area (TPSA) is 72.4 Å². The van der Waals surface area contributed by atoms with Crippen molar-refractivity contribution in [1.82, 2.24) is 15.2 Å². The van der Waals surface area contributed by atoms with Gasteiger partial charge in [-0.05, 0) is 25.0 Å². The number of benzene rings is 1. The molecular weight excluding hydrogens is 366 g/mol. The van der Waals surface area contributed by atoms with Crippen molar-refractivity contribution in [1.29, 1.82) is 0 Å². The van der Waals surface area contributed by atoms with Crippen LogP contribution >= 0.6 is 11.6 Å². The molecule has 0 spiro atoms. The molecule has 1 atom stereocenters. The zero-order chi connectivity index (χ0) is 19.0. The van der Waals surface area contributed by atoms with Crippen molar-refractivity contribution in [3.63, 3.8) is 0 Å². The van der Waals surface area contributed by atoms with Gasteiger partial charge in [0.15, 0.2) is 11.5 Å². The van der Waals surface area contributed by atoms with Gasteiger partial charge in [0.1, 0.15) is 11.5 Å². The number of likely N-dealkylation sites (tertiary alicyclic amines) is 1. The monoisotopic (exact) mass is 385 g/mol. The molecule has 1 aliphatic rings. The molecule has 2 aromatic heterocycles. The van der Waals surface area contributed by atoms with E-state index in [1.165, 1.54) is 0 Å². The van der Waals surface area contributed by atoms with Crippen molar-refractivity contribution in [3.05, 3.63) is 58.6 Å². The second-order valence-corrected chi connectivity index (χ2v) is 7.43. The molecule has 0 unspecified atom stereocenters. The van der Waals surface area contributed by atoms with Crippen LogP contribution in [-0.4, -0.2) is 27.7 Å². The lowest BCUT2D eigenvalue weighted by molar-refractivity contribution is 0.0720. The largest absolute Gasteiger partial charge is 0.361 e. The van der Waals surface area contributed by atoms with E-state index in [0.29, 0.717) is 22.9 Å². The van der Waals surface area contributed by atoms with Crippen molar-refractivity contribution in [3.8, 4) is 11.3 Å². The molecule has 140 valence electrons. The summed E-state index contributed by atoms with van der Waals surface area (Å²) in [7, 11) is 0. The third-order valence-corrected chi connectivity index (χ3v) is 5.17. The Hall–Kier alpha value is -2.60. The van der Waals surface area contributed by atoms with E-state index >= 15 is 0 Å². The Morgan fingerprint density at radius 3 is 2.78 bits per heavy atom. The van der Waals surface area contributed by atoms with E-state index in [1.54, 1.807) is 17.0 Å². The average Bonchev–Trinajstić information content (AvgIpc) is 3.40. The highest BCUT2D eigenvalue weighted by atomic mass is 35.5. The van der Waals surface area contributed by atoms with Gasteiger partial charge in [-0.2, -0.15) is 0 Å². The summed E-state index contributed by atoms with van der Waals surface area (Å²) in [5.41, 5.74) is 1.77. The van der Waals surface area contributed by atoms with Gasteiger partial charge in [0.05, 0.1) is 11.1 Å². The van der Waals surface area contributed by atoms with Gasteiger partial charge in [-0.25, -0.2) is 0 Å². The summed E-state index contributed by atoms with van der Waals surface area (Å²) in [5.74, 6) is 1.38. The second-order valence-electron chi connectivity index (χ2n) is 7.02. The molecule has 1 aromatic carbocycles. The Morgan fingerprint density at radius 1 is 1.22 bits per heavy atom. The molecule has 27 heavy (non-hydrogen) atoms. The standard InChI is InChI=1S/C20H20ClN3O3/c1-12(2)18-10-15(22-26-18)17-8-5-9-24(17)20(25)16-11-19(27-23-16)13-6-3-4-7-14(13)21/h3-4,6-7,10-12,17H,5,8-9H2,1-2H3/t17-/m0/s1. The van der Waals surface area contributed by atoms with Crippen LogP contribution in [0.5, 0.6) is 0 Å². The number of hydrogen-bond donors (Lipinski definition) is 0. The normalized spacial score (nSPS) is 17.0. The van der Waals surface area contributed by atoms with Crippen LogP contribution in [0.25, 0.3) is 11.3 Å². The first-order valence-corrected chi connectivity index (χ1v) is 9.41. The van der Waals surface area contributed by atoms with E-state index in [1.807, 2.05) is 38.1 Å². The molecule has 3 aromatic rings. The zero-order valence-electron chi connectivity index (χ0n) is 15.2. The van der Waals surface area contributed by atoms with Crippen LogP contribution in [0.1, 0.15) is 60.6 Å². The number of nitrogens with zero attached hydrogens (tertiary/aromatic N) is 3. The Labute approximate surface area is 162 Å². The summed E-state index contributed by atoms with van der Waals surface area (Å²) in [6, 6.07) is 10.8. The minimum absolute atomic E-state index is 0.103. The van der Waals surface area contributed by atoms with Gasteiger partial charge in [0.25, 0.3) is 5.91 Å². The Balaban J connectivity index is 1.58. The first-order chi connectivity index (χ1) is 13.0. The van der Waals surface area contributed by atoms with E-state index in [4.69, 9.17) is 20.6 Å². The fraction of sp³-hybridized carbons (Fsp3) is 0.350. The molecule has 0 bridgehead atoms. The van der Waals surface area contributed by atoms with E-state index in [-0.39, 0.29) is 23.6 Å². The highest BCUT2D eigenvalue weighted by molar-refractivity contribution is 6.33. The number of halogens is 1. The molecule has 0 radical (unpaired) electrons. The number of carbonyl (C=O) groups is 1. The molecule has 0 N–H and O–H groups in total. The summed E-state index contributed by atoms with van der Waals surface area (Å²) in [4.78, 5) is 14.8. The summed E-state index contributed by atoms with van der Waals surface area (Å²) in [6.45, 7) is 4.75. The predicted molar refractivity (Wildman–Crippen MR) is 101 cm³/mol. The van der Waals surface area contributed by atoms with E-state index < -0.39 is 0 Å². The number of carbonyl (C=O) groups excluding carboxylic acids is 1. The van der Waals surface area contributed by atoms with Crippen molar-refractivity contribution in [2.75, 3.05) is 6.54 Å². The SMILES string of the molecule is CC(C)c1cc([C@@H]2CCCN2C(=O)c2cc(-c3ccccc3Cl)on2)no1. The molecule has 0 aliphatic carbocycles. The maximum atomic E-state index is 13.0. The van der Waals surface area contributed by atoms with Crippen molar-refractivity contribution in [2.24, 2.45) is 0 Å². The molecule has 1 saturated heterocycles. The molecule has 7 heteroatoms. The average molecular weight is 386 g/mol. The minimum Gasteiger partial charge on any atom is -0.361 e. The second kappa shape index (κ2) is 7.19. The molecule has 1 fully saturated rings. The molecule has 1 aliphatic heterocycles. The summed E-state index contributed by atoms with van der Waals surface area (Å²) < 4.78 is 10.8. The van der Waals surface area contributed by atoms with E-state index in [2.05, 4.69) is 10.3 Å². The maximum absolute atomic E-state index is 13.0. The van der Waals surface area contributed by atoms with Crippen molar-refractivity contribution < 1.29 is 13.8 Å². The Morgan fingerprint density at radius 2 is 2.04 bits per heavy atom. The molecule has 4 rings (SSSR count). The fourth-order valence-electron chi connectivity index (χ4n) is 3.36. The molecule has 3 heterocycles. The van der Waals surface area contributed by atoms with Crippen LogP contribution in [0.4, 0.5) is 0 Å². The molecular formula is C20H20ClN3O3. The van der Waals surface area contributed by atoms with Crippen molar-refractivity contribution in [2.45, 2.75) is 38.6 Å². The van der Waals surface area contributed by atoms with Crippen molar-refractivity contribution >= 4 is 17.5 Å². The van der Waals surface area contributed by atoms with Gasteiger partial charge < -0.3 is 13.9 Å². The number of rotatable bonds is 4. The van der Waals surface area contributed by atoms with Crippen LogP contribution in [0.2, 0.25) is 5.02 Å². The van der Waals surface area contributed by atoms with Crippen LogP contribution in [0.15, 0.2) is 45.4 Å².